The highest BCUT2D eigenvalue weighted by atomic mass is 35.5. The molecule has 0 saturated carbocycles. The number of hydrogen-bond acceptors (Lipinski definition) is 2. The molecule has 1 amide bonds. The molecule has 1 N–H and O–H groups in total. The number of amides is 1. The zero-order valence-corrected chi connectivity index (χ0v) is 17.6. The van der Waals surface area contributed by atoms with Crippen molar-refractivity contribution in [2.45, 2.75) is 38.5 Å². The first-order chi connectivity index (χ1) is 12.6. The average Bonchev–Trinajstić information content (AvgIpc) is 2.65. The second kappa shape index (κ2) is 10.7. The van der Waals surface area contributed by atoms with Crippen LogP contribution in [0.1, 0.15) is 48.3 Å². The maximum Gasteiger partial charge on any atom is 0.280 e. The standard InChI is InChI=1S/C22H28N2OS.ClH/c1-17-9-11-18(12-10-17)19(13-16-24-14-5-2-6-15-24)20-7-3-4-8-21(20)23-22(25)26;/h3-4,7-12,19H,2,5-6,13-16H2,1H3,(H2,23,25,26);1H. The summed E-state index contributed by atoms with van der Waals surface area (Å²) in [5.74, 6) is 0.258. The third kappa shape index (κ3) is 6.27. The predicted octanol–water partition coefficient (Wildman–Crippen LogP) is 5.89. The van der Waals surface area contributed by atoms with Gasteiger partial charge in [-0.25, -0.2) is 0 Å². The summed E-state index contributed by atoms with van der Waals surface area (Å²) in [5, 5.41) is 2.56. The summed E-state index contributed by atoms with van der Waals surface area (Å²) < 4.78 is 0. The van der Waals surface area contributed by atoms with E-state index in [1.54, 1.807) is 0 Å². The summed E-state index contributed by atoms with van der Waals surface area (Å²) in [6.45, 7) is 5.61. The van der Waals surface area contributed by atoms with E-state index in [0.717, 1.165) is 24.2 Å². The van der Waals surface area contributed by atoms with Crippen molar-refractivity contribution >= 4 is 36.0 Å². The number of benzene rings is 2. The Kier molecular flexibility index (Phi) is 8.68. The van der Waals surface area contributed by atoms with E-state index in [-0.39, 0.29) is 23.6 Å². The van der Waals surface area contributed by atoms with E-state index in [9.17, 15) is 4.79 Å². The van der Waals surface area contributed by atoms with Gasteiger partial charge in [-0.15, -0.1) is 12.4 Å². The second-order valence-corrected chi connectivity index (χ2v) is 7.58. The molecule has 1 aliphatic heterocycles. The first-order valence-corrected chi connectivity index (χ1v) is 9.96. The molecule has 146 valence electrons. The number of aryl methyl sites for hydroxylation is 1. The molecule has 2 aromatic rings. The normalized spacial score (nSPS) is 15.6. The van der Waals surface area contributed by atoms with Crippen molar-refractivity contribution in [3.05, 3.63) is 65.2 Å². The fraction of sp³-hybridized carbons (Fsp3) is 0.409. The molecule has 1 saturated heterocycles. The van der Waals surface area contributed by atoms with Crippen molar-refractivity contribution in [2.24, 2.45) is 0 Å². The third-order valence-electron chi connectivity index (χ3n) is 5.24. The SMILES string of the molecule is Cc1ccc(C(CCN2CCCCC2)c2ccccc2NC(=O)S)cc1.Cl. The monoisotopic (exact) mass is 404 g/mol. The van der Waals surface area contributed by atoms with Crippen molar-refractivity contribution in [2.75, 3.05) is 25.0 Å². The Hall–Kier alpha value is -1.49. The van der Waals surface area contributed by atoms with Crippen LogP contribution in [-0.4, -0.2) is 29.8 Å². The maximum absolute atomic E-state index is 11.5. The Bertz CT molecular complexity index is 729. The van der Waals surface area contributed by atoms with Gasteiger partial charge in [-0.3, -0.25) is 4.79 Å². The Morgan fingerprint density at radius 1 is 1.07 bits per heavy atom. The molecule has 0 radical (unpaired) electrons. The highest BCUT2D eigenvalue weighted by Gasteiger charge is 2.20. The topological polar surface area (TPSA) is 32.3 Å². The van der Waals surface area contributed by atoms with Gasteiger partial charge in [0.2, 0.25) is 0 Å². The lowest BCUT2D eigenvalue weighted by atomic mass is 9.86. The van der Waals surface area contributed by atoms with Gasteiger partial charge < -0.3 is 10.2 Å². The van der Waals surface area contributed by atoms with Gasteiger partial charge in [0.15, 0.2) is 0 Å². The number of halogens is 1. The summed E-state index contributed by atoms with van der Waals surface area (Å²) in [4.78, 5) is 14.1. The highest BCUT2D eigenvalue weighted by Crippen LogP contribution is 2.34. The molecule has 0 aliphatic carbocycles. The zero-order valence-electron chi connectivity index (χ0n) is 15.9. The van der Waals surface area contributed by atoms with Crippen LogP contribution in [0.15, 0.2) is 48.5 Å². The summed E-state index contributed by atoms with van der Waals surface area (Å²) in [7, 11) is 0. The van der Waals surface area contributed by atoms with Crippen LogP contribution in [0.5, 0.6) is 0 Å². The smallest absolute Gasteiger partial charge is 0.280 e. The van der Waals surface area contributed by atoms with Gasteiger partial charge in [0.25, 0.3) is 5.24 Å². The minimum Gasteiger partial charge on any atom is -0.317 e. The van der Waals surface area contributed by atoms with Crippen molar-refractivity contribution in [3.8, 4) is 0 Å². The number of piperidine rings is 1. The van der Waals surface area contributed by atoms with Crippen molar-refractivity contribution in [3.63, 3.8) is 0 Å². The molecule has 27 heavy (non-hydrogen) atoms. The van der Waals surface area contributed by atoms with Crippen LogP contribution in [0, 0.1) is 6.92 Å². The molecule has 1 atom stereocenters. The fourth-order valence-electron chi connectivity index (χ4n) is 3.83. The minimum atomic E-state index is -0.323. The highest BCUT2D eigenvalue weighted by molar-refractivity contribution is 7.96. The van der Waals surface area contributed by atoms with Crippen molar-refractivity contribution in [1.82, 2.24) is 4.90 Å². The first-order valence-electron chi connectivity index (χ1n) is 9.51. The van der Waals surface area contributed by atoms with E-state index in [1.165, 1.54) is 43.5 Å². The van der Waals surface area contributed by atoms with E-state index in [2.05, 4.69) is 60.1 Å². The predicted molar refractivity (Wildman–Crippen MR) is 120 cm³/mol. The molecular weight excluding hydrogens is 376 g/mol. The summed E-state index contributed by atoms with van der Waals surface area (Å²) >= 11 is 3.90. The van der Waals surface area contributed by atoms with Gasteiger partial charge in [-0.05, 0) is 63.0 Å². The zero-order chi connectivity index (χ0) is 18.4. The number of thiol groups is 1. The number of carbonyl (C=O) groups is 1. The van der Waals surface area contributed by atoms with Crippen molar-refractivity contribution in [1.29, 1.82) is 0 Å². The van der Waals surface area contributed by atoms with E-state index >= 15 is 0 Å². The summed E-state index contributed by atoms with van der Waals surface area (Å²) in [5.41, 5.74) is 4.58. The van der Waals surface area contributed by atoms with E-state index in [1.807, 2.05) is 18.2 Å². The Balaban J connectivity index is 0.00000261. The van der Waals surface area contributed by atoms with E-state index in [0.29, 0.717) is 0 Å². The summed E-state index contributed by atoms with van der Waals surface area (Å²) in [6, 6.07) is 16.9. The van der Waals surface area contributed by atoms with Crippen LogP contribution in [0.3, 0.4) is 0 Å². The molecule has 0 aromatic heterocycles. The van der Waals surface area contributed by atoms with Gasteiger partial charge in [-0.2, -0.15) is 0 Å². The second-order valence-electron chi connectivity index (χ2n) is 7.17. The molecular formula is C22H29ClN2OS. The lowest BCUT2D eigenvalue weighted by Gasteiger charge is -2.29. The number of nitrogens with one attached hydrogen (secondary N) is 1. The average molecular weight is 405 g/mol. The molecule has 1 unspecified atom stereocenters. The van der Waals surface area contributed by atoms with Crippen LogP contribution in [0.2, 0.25) is 0 Å². The first kappa shape index (κ1) is 21.8. The molecule has 2 aromatic carbocycles. The number of nitrogens with zero attached hydrogens (tertiary/aromatic N) is 1. The molecule has 1 heterocycles. The fourth-order valence-corrected chi connectivity index (χ4v) is 3.95. The Morgan fingerprint density at radius 2 is 1.74 bits per heavy atom. The van der Waals surface area contributed by atoms with Gasteiger partial charge >= 0.3 is 0 Å². The number of para-hydroxylation sites is 1. The largest absolute Gasteiger partial charge is 0.317 e. The van der Waals surface area contributed by atoms with E-state index in [4.69, 9.17) is 0 Å². The van der Waals surface area contributed by atoms with Crippen LogP contribution < -0.4 is 5.32 Å². The molecule has 1 fully saturated rings. The van der Waals surface area contributed by atoms with Gasteiger partial charge in [0, 0.05) is 11.6 Å². The molecule has 5 heteroatoms. The number of carbonyl (C=O) groups excluding carboxylic acids is 1. The van der Waals surface area contributed by atoms with Crippen LogP contribution in [0.4, 0.5) is 10.5 Å². The van der Waals surface area contributed by atoms with Crippen molar-refractivity contribution < 1.29 is 4.79 Å². The Morgan fingerprint density at radius 3 is 2.41 bits per heavy atom. The minimum absolute atomic E-state index is 0. The van der Waals surface area contributed by atoms with Crippen LogP contribution in [0.25, 0.3) is 0 Å². The number of hydrogen-bond donors (Lipinski definition) is 2. The summed E-state index contributed by atoms with van der Waals surface area (Å²) in [6.07, 6.45) is 5.01. The molecule has 0 bridgehead atoms. The Labute approximate surface area is 174 Å². The van der Waals surface area contributed by atoms with Gasteiger partial charge in [0.1, 0.15) is 0 Å². The molecule has 1 aliphatic rings. The number of anilines is 1. The maximum atomic E-state index is 11.5. The third-order valence-corrected chi connectivity index (χ3v) is 5.35. The van der Waals surface area contributed by atoms with Crippen LogP contribution >= 0.6 is 25.0 Å². The lowest BCUT2D eigenvalue weighted by molar-refractivity contribution is 0.223. The lowest BCUT2D eigenvalue weighted by Crippen LogP contribution is -2.31. The number of likely N-dealkylation sites (tertiary alicyclic amines) is 1. The number of rotatable bonds is 6. The quantitative estimate of drug-likeness (QED) is 0.588. The van der Waals surface area contributed by atoms with Gasteiger partial charge in [0.05, 0.1) is 0 Å². The van der Waals surface area contributed by atoms with Gasteiger partial charge in [-0.1, -0.05) is 67.1 Å². The molecule has 0 spiro atoms. The molecule has 3 rings (SSSR count). The van der Waals surface area contributed by atoms with E-state index < -0.39 is 0 Å². The van der Waals surface area contributed by atoms with Crippen LogP contribution in [-0.2, 0) is 0 Å². The molecule has 3 nitrogen and oxygen atoms in total.